The largest absolute Gasteiger partial charge is 0.320 e. The van der Waals surface area contributed by atoms with Crippen LogP contribution in [0, 0.1) is 6.92 Å². The van der Waals surface area contributed by atoms with E-state index in [-0.39, 0.29) is 19.0 Å². The first-order valence-corrected chi connectivity index (χ1v) is 6.15. The molecule has 0 bridgehead atoms. The summed E-state index contributed by atoms with van der Waals surface area (Å²) >= 11 is 3.35. The molecule has 6 heteroatoms. The van der Waals surface area contributed by atoms with E-state index in [0.717, 1.165) is 10.0 Å². The molecule has 18 heavy (non-hydrogen) atoms. The lowest BCUT2D eigenvalue weighted by Crippen LogP contribution is -2.53. The molecule has 1 aromatic carbocycles. The Kier molecular flexibility index (Phi) is 3.47. The number of halogens is 1. The number of hydrogen-bond donors (Lipinski definition) is 1. The number of piperazine rings is 1. The molecule has 1 aromatic rings. The average Bonchev–Trinajstić information content (AvgIpc) is 2.30. The minimum atomic E-state index is -0.451. The van der Waals surface area contributed by atoms with Gasteiger partial charge in [0.1, 0.15) is 13.1 Å². The molecule has 94 valence electrons. The third-order valence-electron chi connectivity index (χ3n) is 2.64. The van der Waals surface area contributed by atoms with Crippen molar-refractivity contribution in [3.63, 3.8) is 0 Å². The maximum absolute atomic E-state index is 12.1. The fourth-order valence-electron chi connectivity index (χ4n) is 1.74. The summed E-state index contributed by atoms with van der Waals surface area (Å²) in [4.78, 5) is 35.8. The predicted octanol–water partition coefficient (Wildman–Crippen LogP) is 0.856. The van der Waals surface area contributed by atoms with Crippen LogP contribution < -0.4 is 5.32 Å². The Balaban J connectivity index is 2.22. The Bertz CT molecular complexity index is 526. The Morgan fingerprint density at radius 3 is 2.44 bits per heavy atom. The first-order valence-electron chi connectivity index (χ1n) is 5.35. The Morgan fingerprint density at radius 2 is 1.89 bits per heavy atom. The van der Waals surface area contributed by atoms with Gasteiger partial charge in [0.25, 0.3) is 5.91 Å². The van der Waals surface area contributed by atoms with Gasteiger partial charge in [-0.3, -0.25) is 19.7 Å². The summed E-state index contributed by atoms with van der Waals surface area (Å²) < 4.78 is 0.909. The smallest absolute Gasteiger partial charge is 0.254 e. The molecular formula is C12H11BrN2O3. The van der Waals surface area contributed by atoms with Crippen LogP contribution in [0.3, 0.4) is 0 Å². The first-order chi connectivity index (χ1) is 8.47. The van der Waals surface area contributed by atoms with Gasteiger partial charge in [-0.05, 0) is 30.7 Å². The molecular weight excluding hydrogens is 300 g/mol. The fraction of sp³-hybridized carbons (Fsp3) is 0.250. The second-order valence-corrected chi connectivity index (χ2v) is 4.95. The molecule has 5 nitrogen and oxygen atoms in total. The van der Waals surface area contributed by atoms with Gasteiger partial charge in [0.15, 0.2) is 0 Å². The van der Waals surface area contributed by atoms with E-state index < -0.39 is 11.8 Å². The standard InChI is InChI=1S/C12H11BrN2O3/c1-7-4-8(2-3-9(7)13)12(18)15-5-10(16)14-11(17)6-15/h2-4H,5-6H2,1H3,(H,14,16,17). The van der Waals surface area contributed by atoms with Gasteiger partial charge in [0.05, 0.1) is 0 Å². The number of nitrogens with zero attached hydrogens (tertiary/aromatic N) is 1. The topological polar surface area (TPSA) is 66.5 Å². The molecule has 0 atom stereocenters. The highest BCUT2D eigenvalue weighted by atomic mass is 79.9. The van der Waals surface area contributed by atoms with Crippen molar-refractivity contribution in [1.29, 1.82) is 0 Å². The zero-order valence-corrected chi connectivity index (χ0v) is 11.3. The van der Waals surface area contributed by atoms with E-state index in [9.17, 15) is 14.4 Å². The van der Waals surface area contributed by atoms with E-state index >= 15 is 0 Å². The number of nitrogens with one attached hydrogen (secondary N) is 1. The van der Waals surface area contributed by atoms with Crippen molar-refractivity contribution in [2.75, 3.05) is 13.1 Å². The van der Waals surface area contributed by atoms with Gasteiger partial charge in [-0.2, -0.15) is 0 Å². The molecule has 1 aliphatic rings. The Morgan fingerprint density at radius 1 is 1.28 bits per heavy atom. The maximum Gasteiger partial charge on any atom is 0.254 e. The number of aryl methyl sites for hydroxylation is 1. The summed E-state index contributed by atoms with van der Waals surface area (Å²) in [5.74, 6) is -1.21. The molecule has 0 saturated carbocycles. The summed E-state index contributed by atoms with van der Waals surface area (Å²) in [5, 5.41) is 2.16. The highest BCUT2D eigenvalue weighted by Gasteiger charge is 2.27. The summed E-state index contributed by atoms with van der Waals surface area (Å²) in [5.41, 5.74) is 1.40. The molecule has 3 amide bonds. The van der Waals surface area contributed by atoms with E-state index in [1.54, 1.807) is 18.2 Å². The van der Waals surface area contributed by atoms with Crippen molar-refractivity contribution in [3.8, 4) is 0 Å². The number of benzene rings is 1. The van der Waals surface area contributed by atoms with Crippen LogP contribution >= 0.6 is 15.9 Å². The van der Waals surface area contributed by atoms with Gasteiger partial charge >= 0.3 is 0 Å². The molecule has 2 rings (SSSR count). The number of imide groups is 1. The molecule has 0 radical (unpaired) electrons. The van der Waals surface area contributed by atoms with Crippen LogP contribution in [0.4, 0.5) is 0 Å². The van der Waals surface area contributed by atoms with Gasteiger partial charge in [0, 0.05) is 10.0 Å². The van der Waals surface area contributed by atoms with Crippen molar-refractivity contribution in [1.82, 2.24) is 10.2 Å². The Hall–Kier alpha value is -1.69. The van der Waals surface area contributed by atoms with E-state index in [4.69, 9.17) is 0 Å². The van der Waals surface area contributed by atoms with Crippen LogP contribution in [0.2, 0.25) is 0 Å². The normalized spacial score (nSPS) is 15.6. The monoisotopic (exact) mass is 310 g/mol. The second kappa shape index (κ2) is 4.89. The maximum atomic E-state index is 12.1. The van der Waals surface area contributed by atoms with Crippen LogP contribution in [0.25, 0.3) is 0 Å². The lowest BCUT2D eigenvalue weighted by Gasteiger charge is -2.25. The van der Waals surface area contributed by atoms with Gasteiger partial charge in [0.2, 0.25) is 11.8 Å². The van der Waals surface area contributed by atoms with Gasteiger partial charge in [-0.25, -0.2) is 0 Å². The number of hydrogen-bond acceptors (Lipinski definition) is 3. The van der Waals surface area contributed by atoms with Gasteiger partial charge < -0.3 is 4.90 Å². The van der Waals surface area contributed by atoms with E-state index in [0.29, 0.717) is 5.56 Å². The molecule has 0 aromatic heterocycles. The summed E-state index contributed by atoms with van der Waals surface area (Å²) in [6.07, 6.45) is 0. The zero-order valence-electron chi connectivity index (χ0n) is 9.70. The lowest BCUT2D eigenvalue weighted by atomic mass is 10.1. The van der Waals surface area contributed by atoms with Gasteiger partial charge in [-0.1, -0.05) is 15.9 Å². The number of amides is 3. The van der Waals surface area contributed by atoms with Crippen molar-refractivity contribution in [2.24, 2.45) is 0 Å². The van der Waals surface area contributed by atoms with Crippen LogP contribution in [0.1, 0.15) is 15.9 Å². The quantitative estimate of drug-likeness (QED) is 0.782. The van der Waals surface area contributed by atoms with Crippen molar-refractivity contribution < 1.29 is 14.4 Å². The van der Waals surface area contributed by atoms with E-state index in [1.807, 2.05) is 6.92 Å². The molecule has 1 saturated heterocycles. The zero-order chi connectivity index (χ0) is 13.3. The highest BCUT2D eigenvalue weighted by Crippen LogP contribution is 2.18. The minimum absolute atomic E-state index is 0.0836. The van der Waals surface area contributed by atoms with Crippen molar-refractivity contribution >= 4 is 33.7 Å². The third kappa shape index (κ3) is 2.59. The molecule has 1 aliphatic heterocycles. The highest BCUT2D eigenvalue weighted by molar-refractivity contribution is 9.10. The van der Waals surface area contributed by atoms with Crippen molar-refractivity contribution in [2.45, 2.75) is 6.92 Å². The van der Waals surface area contributed by atoms with Crippen LogP contribution in [-0.2, 0) is 9.59 Å². The number of rotatable bonds is 1. The molecule has 1 N–H and O–H groups in total. The molecule has 0 spiro atoms. The second-order valence-electron chi connectivity index (χ2n) is 4.10. The van der Waals surface area contributed by atoms with Gasteiger partial charge in [-0.15, -0.1) is 0 Å². The number of carbonyl (C=O) groups is 3. The average molecular weight is 311 g/mol. The van der Waals surface area contributed by atoms with E-state index in [2.05, 4.69) is 21.2 Å². The van der Waals surface area contributed by atoms with E-state index in [1.165, 1.54) is 4.90 Å². The summed E-state index contributed by atoms with van der Waals surface area (Å²) in [7, 11) is 0. The van der Waals surface area contributed by atoms with Crippen LogP contribution in [0.15, 0.2) is 22.7 Å². The summed E-state index contributed by atoms with van der Waals surface area (Å²) in [6.45, 7) is 1.70. The lowest BCUT2D eigenvalue weighted by molar-refractivity contribution is -0.135. The third-order valence-corrected chi connectivity index (χ3v) is 3.53. The summed E-state index contributed by atoms with van der Waals surface area (Å²) in [6, 6.07) is 5.16. The predicted molar refractivity (Wildman–Crippen MR) is 67.9 cm³/mol. The first kappa shape index (κ1) is 12.8. The van der Waals surface area contributed by atoms with Crippen molar-refractivity contribution in [3.05, 3.63) is 33.8 Å². The fourth-order valence-corrected chi connectivity index (χ4v) is 1.99. The number of carbonyl (C=O) groups excluding carboxylic acids is 3. The Labute approximate surface area is 112 Å². The molecule has 1 fully saturated rings. The molecule has 0 aliphatic carbocycles. The van der Waals surface area contributed by atoms with Crippen LogP contribution in [0.5, 0.6) is 0 Å². The molecule has 0 unspecified atom stereocenters. The van der Waals surface area contributed by atoms with Crippen LogP contribution in [-0.4, -0.2) is 35.7 Å². The molecule has 1 heterocycles. The SMILES string of the molecule is Cc1cc(C(=O)N2CC(=O)NC(=O)C2)ccc1Br. The minimum Gasteiger partial charge on any atom is -0.320 e.